The summed E-state index contributed by atoms with van der Waals surface area (Å²) in [5.74, 6) is -0.272. The van der Waals surface area contributed by atoms with Crippen LogP contribution >= 0.6 is 15.9 Å². The second kappa shape index (κ2) is 4.84. The van der Waals surface area contributed by atoms with E-state index < -0.39 is 0 Å². The van der Waals surface area contributed by atoms with Crippen LogP contribution in [0.2, 0.25) is 0 Å². The van der Waals surface area contributed by atoms with E-state index >= 15 is 0 Å². The van der Waals surface area contributed by atoms with Gasteiger partial charge in [0.25, 0.3) is 5.56 Å². The molecule has 0 saturated carbocycles. The summed E-state index contributed by atoms with van der Waals surface area (Å²) in [6.45, 7) is 2.22. The van der Waals surface area contributed by atoms with Crippen LogP contribution in [0.25, 0.3) is 0 Å². The van der Waals surface area contributed by atoms with Crippen LogP contribution in [0.3, 0.4) is 0 Å². The van der Waals surface area contributed by atoms with Gasteiger partial charge in [-0.25, -0.2) is 4.39 Å². The van der Waals surface area contributed by atoms with Crippen molar-refractivity contribution in [3.05, 3.63) is 68.3 Å². The van der Waals surface area contributed by atoms with E-state index in [4.69, 9.17) is 0 Å². The lowest BCUT2D eigenvalue weighted by Gasteiger charge is -2.07. The van der Waals surface area contributed by atoms with Gasteiger partial charge in [-0.3, -0.25) is 4.79 Å². The second-order valence-electron chi connectivity index (χ2n) is 3.90. The highest BCUT2D eigenvalue weighted by Crippen LogP contribution is 2.10. The Morgan fingerprint density at radius 2 is 1.94 bits per heavy atom. The summed E-state index contributed by atoms with van der Waals surface area (Å²) in [5, 5.41) is 0. The van der Waals surface area contributed by atoms with Crippen LogP contribution in [-0.2, 0) is 6.54 Å². The fourth-order valence-electron chi connectivity index (χ4n) is 1.64. The minimum Gasteiger partial charge on any atom is -0.310 e. The Balaban J connectivity index is 2.36. The van der Waals surface area contributed by atoms with Crippen molar-refractivity contribution in [1.29, 1.82) is 0 Å². The topological polar surface area (TPSA) is 22.0 Å². The summed E-state index contributed by atoms with van der Waals surface area (Å²) in [6, 6.07) is 7.93. The molecule has 0 atom stereocenters. The maximum atomic E-state index is 12.8. The molecule has 1 aromatic heterocycles. The molecule has 0 amide bonds. The molecule has 0 spiro atoms. The predicted molar refractivity (Wildman–Crippen MR) is 68.6 cm³/mol. The highest BCUT2D eigenvalue weighted by molar-refractivity contribution is 9.10. The Hall–Kier alpha value is -1.42. The van der Waals surface area contributed by atoms with E-state index in [0.29, 0.717) is 12.1 Å². The van der Waals surface area contributed by atoms with E-state index in [1.165, 1.54) is 12.1 Å². The van der Waals surface area contributed by atoms with Gasteiger partial charge in [0.1, 0.15) is 5.82 Å². The zero-order valence-electron chi connectivity index (χ0n) is 9.28. The molecule has 0 aliphatic heterocycles. The number of rotatable bonds is 2. The average Bonchev–Trinajstić information content (AvgIpc) is 2.28. The van der Waals surface area contributed by atoms with Crippen LogP contribution < -0.4 is 5.56 Å². The normalized spacial score (nSPS) is 10.5. The number of benzene rings is 1. The Morgan fingerprint density at radius 1 is 1.29 bits per heavy atom. The first kappa shape index (κ1) is 12.0. The van der Waals surface area contributed by atoms with Crippen LogP contribution in [-0.4, -0.2) is 4.57 Å². The minimum absolute atomic E-state index is 0.0301. The van der Waals surface area contributed by atoms with Crippen molar-refractivity contribution in [2.24, 2.45) is 0 Å². The molecule has 0 bridgehead atoms. The van der Waals surface area contributed by atoms with E-state index in [1.54, 1.807) is 35.9 Å². The molecule has 0 N–H and O–H groups in total. The molecule has 88 valence electrons. The molecule has 0 saturated heterocycles. The van der Waals surface area contributed by atoms with Crippen molar-refractivity contribution in [2.45, 2.75) is 13.5 Å². The highest BCUT2D eigenvalue weighted by Gasteiger charge is 2.03. The Morgan fingerprint density at radius 3 is 2.59 bits per heavy atom. The molecule has 0 unspecified atom stereocenters. The summed E-state index contributed by atoms with van der Waals surface area (Å²) in [7, 11) is 0. The van der Waals surface area contributed by atoms with Gasteiger partial charge in [-0.1, -0.05) is 12.1 Å². The summed E-state index contributed by atoms with van der Waals surface area (Å²) < 4.78 is 15.2. The van der Waals surface area contributed by atoms with Gasteiger partial charge in [0.2, 0.25) is 0 Å². The van der Waals surface area contributed by atoms with E-state index in [0.717, 1.165) is 10.0 Å². The van der Waals surface area contributed by atoms with Crippen LogP contribution in [0.1, 0.15) is 11.1 Å². The number of hydrogen-bond donors (Lipinski definition) is 0. The lowest BCUT2D eigenvalue weighted by molar-refractivity contribution is 0.626. The Bertz CT molecular complexity index is 589. The SMILES string of the molecule is Cc1cc(Br)cn(Cc2ccc(F)cc2)c1=O. The van der Waals surface area contributed by atoms with Gasteiger partial charge in [-0.2, -0.15) is 0 Å². The molecule has 2 aromatic rings. The molecule has 0 radical (unpaired) electrons. The third-order valence-corrected chi connectivity index (χ3v) is 2.93. The number of halogens is 2. The van der Waals surface area contributed by atoms with Gasteiger partial charge in [0.15, 0.2) is 0 Å². The van der Waals surface area contributed by atoms with Crippen molar-refractivity contribution in [1.82, 2.24) is 4.57 Å². The molecule has 0 aliphatic carbocycles. The number of aromatic nitrogens is 1. The predicted octanol–water partition coefficient (Wildman–Crippen LogP) is 3.11. The first-order chi connectivity index (χ1) is 8.06. The maximum absolute atomic E-state index is 12.8. The molecule has 0 fully saturated rings. The van der Waals surface area contributed by atoms with Gasteiger partial charge < -0.3 is 4.57 Å². The van der Waals surface area contributed by atoms with Crippen molar-refractivity contribution in [3.63, 3.8) is 0 Å². The van der Waals surface area contributed by atoms with E-state index in [9.17, 15) is 9.18 Å². The highest BCUT2D eigenvalue weighted by atomic mass is 79.9. The van der Waals surface area contributed by atoms with Crippen LogP contribution in [0.4, 0.5) is 4.39 Å². The molecule has 1 aromatic carbocycles. The number of nitrogens with zero attached hydrogens (tertiary/aromatic N) is 1. The van der Waals surface area contributed by atoms with Gasteiger partial charge in [0.05, 0.1) is 6.54 Å². The standard InChI is InChI=1S/C13H11BrFNO/c1-9-6-11(14)8-16(13(9)17)7-10-2-4-12(15)5-3-10/h2-6,8H,7H2,1H3. The minimum atomic E-state index is -0.272. The molecule has 2 rings (SSSR count). The van der Waals surface area contributed by atoms with Crippen LogP contribution in [0.5, 0.6) is 0 Å². The molecule has 1 heterocycles. The molecule has 0 aliphatic rings. The molecule has 17 heavy (non-hydrogen) atoms. The Kier molecular flexibility index (Phi) is 3.43. The zero-order chi connectivity index (χ0) is 12.4. The van der Waals surface area contributed by atoms with Crippen LogP contribution in [0.15, 0.2) is 45.8 Å². The largest absolute Gasteiger partial charge is 0.310 e. The Labute approximate surface area is 107 Å². The van der Waals surface area contributed by atoms with Crippen molar-refractivity contribution in [3.8, 4) is 0 Å². The van der Waals surface area contributed by atoms with E-state index in [-0.39, 0.29) is 11.4 Å². The van der Waals surface area contributed by atoms with E-state index in [1.807, 2.05) is 0 Å². The lowest BCUT2D eigenvalue weighted by Crippen LogP contribution is -2.22. The number of aryl methyl sites for hydroxylation is 1. The van der Waals surface area contributed by atoms with Gasteiger partial charge >= 0.3 is 0 Å². The summed E-state index contributed by atoms with van der Waals surface area (Å²) >= 11 is 3.35. The first-order valence-corrected chi connectivity index (χ1v) is 5.96. The summed E-state index contributed by atoms with van der Waals surface area (Å²) in [4.78, 5) is 11.9. The molecule has 2 nitrogen and oxygen atoms in total. The molecular formula is C13H11BrFNO. The fraction of sp³-hybridized carbons (Fsp3) is 0.154. The van der Waals surface area contributed by atoms with Gasteiger partial charge in [-0.15, -0.1) is 0 Å². The zero-order valence-corrected chi connectivity index (χ0v) is 10.9. The quantitative estimate of drug-likeness (QED) is 0.834. The number of hydrogen-bond acceptors (Lipinski definition) is 1. The van der Waals surface area contributed by atoms with Crippen LogP contribution in [0, 0.1) is 12.7 Å². The van der Waals surface area contributed by atoms with Gasteiger partial charge in [0, 0.05) is 16.2 Å². The van der Waals surface area contributed by atoms with Crippen molar-refractivity contribution in [2.75, 3.05) is 0 Å². The van der Waals surface area contributed by atoms with Gasteiger partial charge in [-0.05, 0) is 46.6 Å². The summed E-state index contributed by atoms with van der Waals surface area (Å²) in [6.07, 6.45) is 1.73. The third kappa shape index (κ3) is 2.82. The van der Waals surface area contributed by atoms with E-state index in [2.05, 4.69) is 15.9 Å². The monoisotopic (exact) mass is 295 g/mol. The molecule has 4 heteroatoms. The second-order valence-corrected chi connectivity index (χ2v) is 4.82. The van der Waals surface area contributed by atoms with Crippen molar-refractivity contribution >= 4 is 15.9 Å². The maximum Gasteiger partial charge on any atom is 0.253 e. The van der Waals surface area contributed by atoms with Crippen molar-refractivity contribution < 1.29 is 4.39 Å². The summed E-state index contributed by atoms with van der Waals surface area (Å²) in [5.41, 5.74) is 1.55. The smallest absolute Gasteiger partial charge is 0.253 e. The first-order valence-electron chi connectivity index (χ1n) is 5.17. The average molecular weight is 296 g/mol. The third-order valence-electron chi connectivity index (χ3n) is 2.50. The molecular weight excluding hydrogens is 285 g/mol. The number of pyridine rings is 1. The lowest BCUT2D eigenvalue weighted by atomic mass is 10.2. The fourth-order valence-corrected chi connectivity index (χ4v) is 2.23.